The summed E-state index contributed by atoms with van der Waals surface area (Å²) >= 11 is 0. The predicted octanol–water partition coefficient (Wildman–Crippen LogP) is 1.08. The van der Waals surface area contributed by atoms with Gasteiger partial charge in [0.1, 0.15) is 11.5 Å². The van der Waals surface area contributed by atoms with Gasteiger partial charge in [0.15, 0.2) is 0 Å². The Kier molecular flexibility index (Phi) is 4.04. The molecule has 20 heavy (non-hydrogen) atoms. The number of rotatable bonds is 5. The van der Waals surface area contributed by atoms with Crippen LogP contribution < -0.4 is 19.5 Å². The van der Waals surface area contributed by atoms with Crippen LogP contribution >= 0.6 is 0 Å². The van der Waals surface area contributed by atoms with Crippen LogP contribution in [0.2, 0.25) is 0 Å². The van der Waals surface area contributed by atoms with Gasteiger partial charge in [-0.25, -0.2) is 5.10 Å². The van der Waals surface area contributed by atoms with E-state index < -0.39 is 5.91 Å². The molecule has 1 amide bonds. The largest absolute Gasteiger partial charge is 0.497 e. The highest BCUT2D eigenvalue weighted by molar-refractivity contribution is 6.05. The Morgan fingerprint density at radius 2 is 2.00 bits per heavy atom. The van der Waals surface area contributed by atoms with Crippen LogP contribution in [0.1, 0.15) is 10.4 Å². The van der Waals surface area contributed by atoms with Crippen molar-refractivity contribution in [3.05, 3.63) is 23.8 Å². The number of carbonyl (C=O) groups is 1. The standard InChI is InChI=1S/C12H14N4O4/c1-18-7-4-5-9(19-2)8(6-7)10(17)13-11-14-12(20-3)16-15-11/h4-6H,1-3H3,(H2,13,14,15,16,17). The van der Waals surface area contributed by atoms with Crippen LogP contribution in [0.25, 0.3) is 0 Å². The maximum absolute atomic E-state index is 12.2. The smallest absolute Gasteiger partial charge is 0.336 e. The molecular formula is C12H14N4O4. The van der Waals surface area contributed by atoms with Crippen LogP contribution in [0.3, 0.4) is 0 Å². The SMILES string of the molecule is COc1ccc(OC)c(C(=O)Nc2nc(OC)n[nH]2)c1. The molecule has 8 nitrogen and oxygen atoms in total. The van der Waals surface area contributed by atoms with E-state index in [1.807, 2.05) is 0 Å². The summed E-state index contributed by atoms with van der Waals surface area (Å²) in [6, 6.07) is 5.06. The van der Waals surface area contributed by atoms with Gasteiger partial charge in [0.2, 0.25) is 5.95 Å². The lowest BCUT2D eigenvalue weighted by atomic mass is 10.1. The fourth-order valence-corrected chi connectivity index (χ4v) is 1.56. The molecule has 0 unspecified atom stereocenters. The Morgan fingerprint density at radius 3 is 2.60 bits per heavy atom. The molecule has 1 heterocycles. The first-order valence-corrected chi connectivity index (χ1v) is 5.67. The second kappa shape index (κ2) is 5.91. The molecule has 0 saturated carbocycles. The number of aromatic nitrogens is 3. The molecule has 0 radical (unpaired) electrons. The second-order valence-corrected chi connectivity index (χ2v) is 3.69. The van der Waals surface area contributed by atoms with Gasteiger partial charge in [-0.2, -0.15) is 4.98 Å². The fraction of sp³-hybridized carbons (Fsp3) is 0.250. The summed E-state index contributed by atoms with van der Waals surface area (Å²) in [5.41, 5.74) is 0.321. The number of carbonyl (C=O) groups excluding carboxylic acids is 1. The van der Waals surface area contributed by atoms with Crippen molar-refractivity contribution in [3.8, 4) is 17.5 Å². The van der Waals surface area contributed by atoms with Gasteiger partial charge in [0.05, 0.1) is 26.9 Å². The molecule has 1 aromatic heterocycles. The zero-order chi connectivity index (χ0) is 14.5. The van der Waals surface area contributed by atoms with E-state index in [1.54, 1.807) is 18.2 Å². The normalized spacial score (nSPS) is 9.95. The van der Waals surface area contributed by atoms with Crippen LogP contribution in [0.4, 0.5) is 5.95 Å². The Labute approximate surface area is 115 Å². The molecule has 106 valence electrons. The van der Waals surface area contributed by atoms with Crippen molar-refractivity contribution in [2.45, 2.75) is 0 Å². The molecule has 2 aromatic rings. The quantitative estimate of drug-likeness (QED) is 0.849. The number of benzene rings is 1. The van der Waals surface area contributed by atoms with Crippen molar-refractivity contribution in [2.24, 2.45) is 0 Å². The lowest BCUT2D eigenvalue weighted by molar-refractivity contribution is 0.102. The summed E-state index contributed by atoms with van der Waals surface area (Å²) in [6.07, 6.45) is 0. The monoisotopic (exact) mass is 278 g/mol. The summed E-state index contributed by atoms with van der Waals surface area (Å²) in [6.45, 7) is 0. The highest BCUT2D eigenvalue weighted by Crippen LogP contribution is 2.24. The lowest BCUT2D eigenvalue weighted by Crippen LogP contribution is -2.14. The molecule has 0 aliphatic heterocycles. The minimum absolute atomic E-state index is 0.137. The second-order valence-electron chi connectivity index (χ2n) is 3.69. The van der Waals surface area contributed by atoms with E-state index in [4.69, 9.17) is 14.2 Å². The minimum atomic E-state index is -0.403. The van der Waals surface area contributed by atoms with Crippen LogP contribution in [0.15, 0.2) is 18.2 Å². The predicted molar refractivity (Wildman–Crippen MR) is 70.4 cm³/mol. The van der Waals surface area contributed by atoms with Gasteiger partial charge in [-0.15, -0.1) is 5.10 Å². The van der Waals surface area contributed by atoms with Crippen molar-refractivity contribution < 1.29 is 19.0 Å². The molecule has 2 rings (SSSR count). The average Bonchev–Trinajstić information content (AvgIpc) is 2.94. The lowest BCUT2D eigenvalue weighted by Gasteiger charge is -2.09. The third-order valence-electron chi connectivity index (χ3n) is 2.53. The molecule has 2 N–H and O–H groups in total. The van der Waals surface area contributed by atoms with Gasteiger partial charge in [-0.1, -0.05) is 0 Å². The third-order valence-corrected chi connectivity index (χ3v) is 2.53. The van der Waals surface area contributed by atoms with Crippen LogP contribution in [0, 0.1) is 0 Å². The zero-order valence-electron chi connectivity index (χ0n) is 11.3. The van der Waals surface area contributed by atoms with Gasteiger partial charge >= 0.3 is 6.01 Å². The fourth-order valence-electron chi connectivity index (χ4n) is 1.56. The molecule has 1 aromatic carbocycles. The van der Waals surface area contributed by atoms with Crippen LogP contribution in [-0.4, -0.2) is 42.4 Å². The van der Waals surface area contributed by atoms with E-state index in [9.17, 15) is 4.79 Å². The maximum Gasteiger partial charge on any atom is 0.336 e. The minimum Gasteiger partial charge on any atom is -0.497 e. The number of methoxy groups -OCH3 is 3. The van der Waals surface area contributed by atoms with Gasteiger partial charge in [0.25, 0.3) is 5.91 Å². The zero-order valence-corrected chi connectivity index (χ0v) is 11.3. The molecule has 0 atom stereocenters. The van der Waals surface area contributed by atoms with Crippen LogP contribution in [-0.2, 0) is 0 Å². The van der Waals surface area contributed by atoms with Crippen molar-refractivity contribution in [3.63, 3.8) is 0 Å². The van der Waals surface area contributed by atoms with Gasteiger partial charge < -0.3 is 14.2 Å². The number of hydrogen-bond acceptors (Lipinski definition) is 6. The Hall–Kier alpha value is -2.77. The number of nitrogens with zero attached hydrogens (tertiary/aromatic N) is 2. The van der Waals surface area contributed by atoms with Crippen molar-refractivity contribution in [1.82, 2.24) is 15.2 Å². The van der Waals surface area contributed by atoms with Gasteiger partial charge in [-0.05, 0) is 18.2 Å². The Morgan fingerprint density at radius 1 is 1.20 bits per heavy atom. The van der Waals surface area contributed by atoms with E-state index in [0.717, 1.165) is 0 Å². The van der Waals surface area contributed by atoms with Crippen LogP contribution in [0.5, 0.6) is 17.5 Å². The maximum atomic E-state index is 12.2. The molecule has 0 fully saturated rings. The molecule has 8 heteroatoms. The van der Waals surface area contributed by atoms with Gasteiger partial charge in [0, 0.05) is 0 Å². The highest BCUT2D eigenvalue weighted by atomic mass is 16.5. The highest BCUT2D eigenvalue weighted by Gasteiger charge is 2.15. The molecule has 0 aliphatic rings. The average molecular weight is 278 g/mol. The topological polar surface area (TPSA) is 98.4 Å². The number of nitrogens with one attached hydrogen (secondary N) is 2. The third kappa shape index (κ3) is 2.79. The Bertz CT molecular complexity index is 611. The van der Waals surface area contributed by atoms with E-state index in [1.165, 1.54) is 21.3 Å². The molecule has 0 saturated heterocycles. The first kappa shape index (κ1) is 13.7. The first-order chi connectivity index (χ1) is 9.67. The summed E-state index contributed by atoms with van der Waals surface area (Å²) in [5, 5.41) is 8.82. The molecule has 0 aliphatic carbocycles. The van der Waals surface area contributed by atoms with Crippen molar-refractivity contribution in [2.75, 3.05) is 26.6 Å². The first-order valence-electron chi connectivity index (χ1n) is 5.67. The number of anilines is 1. The Balaban J connectivity index is 2.23. The number of amides is 1. The molecular weight excluding hydrogens is 264 g/mol. The van der Waals surface area contributed by atoms with E-state index in [2.05, 4.69) is 20.5 Å². The van der Waals surface area contributed by atoms with Crippen molar-refractivity contribution in [1.29, 1.82) is 0 Å². The van der Waals surface area contributed by atoms with Crippen molar-refractivity contribution >= 4 is 11.9 Å². The number of aromatic amines is 1. The van der Waals surface area contributed by atoms with E-state index >= 15 is 0 Å². The molecule has 0 bridgehead atoms. The number of ether oxygens (including phenoxy) is 3. The van der Waals surface area contributed by atoms with E-state index in [0.29, 0.717) is 17.1 Å². The summed E-state index contributed by atoms with van der Waals surface area (Å²) in [7, 11) is 4.43. The molecule has 0 spiro atoms. The summed E-state index contributed by atoms with van der Waals surface area (Å²) in [4.78, 5) is 16.1. The van der Waals surface area contributed by atoms with E-state index in [-0.39, 0.29) is 12.0 Å². The van der Waals surface area contributed by atoms with Gasteiger partial charge in [-0.3, -0.25) is 10.1 Å². The summed E-state index contributed by atoms with van der Waals surface area (Å²) < 4.78 is 15.0. The number of H-pyrrole nitrogens is 1. The number of hydrogen-bond donors (Lipinski definition) is 2. The summed E-state index contributed by atoms with van der Waals surface area (Å²) in [5.74, 6) is 0.747.